The van der Waals surface area contributed by atoms with Gasteiger partial charge in [-0.05, 0) is 73.4 Å². The average Bonchev–Trinajstić information content (AvgIpc) is 1.75. The summed E-state index contributed by atoms with van der Waals surface area (Å²) in [5.41, 5.74) is -4.91. The van der Waals surface area contributed by atoms with Gasteiger partial charge < -0.3 is 52.1 Å². The van der Waals surface area contributed by atoms with E-state index in [1.807, 2.05) is 83.1 Å². The molecule has 0 fully saturated rings. The lowest BCUT2D eigenvalue weighted by atomic mass is 9.76. The van der Waals surface area contributed by atoms with E-state index in [9.17, 15) is 65.7 Å². The highest BCUT2D eigenvalue weighted by molar-refractivity contribution is 7.89. The molecular weight excluding hydrogens is 1180 g/mol. The molecule has 0 aromatic heterocycles. The summed E-state index contributed by atoms with van der Waals surface area (Å²) in [6.07, 6.45) is 0. The molecule has 6 aromatic carbocycles. The Hall–Kier alpha value is -6.74. The van der Waals surface area contributed by atoms with Gasteiger partial charge >= 0.3 is 0 Å². The Morgan fingerprint density at radius 3 is 1.22 bits per heavy atom. The number of nitrogens with one attached hydrogen (secondary N) is 6. The van der Waals surface area contributed by atoms with Crippen molar-refractivity contribution in [3.63, 3.8) is 0 Å². The summed E-state index contributed by atoms with van der Waals surface area (Å²) in [6, 6.07) is 8.00. The Kier molecular flexibility index (Phi) is 20.6. The van der Waals surface area contributed by atoms with Crippen LogP contribution in [-0.4, -0.2) is 112 Å². The van der Waals surface area contributed by atoms with Crippen LogP contribution in [0, 0.1) is 16.2 Å². The van der Waals surface area contributed by atoms with Gasteiger partial charge in [-0.1, -0.05) is 97.1 Å². The molecular formula is C55H72Cl3N9O14S2. The minimum Gasteiger partial charge on any atom is -0.505 e. The predicted octanol–water partition coefficient (Wildman–Crippen LogP) is 7.90. The van der Waals surface area contributed by atoms with Crippen LogP contribution in [0.1, 0.15) is 93.4 Å². The second-order valence-corrected chi connectivity index (χ2v) is 29.3. The summed E-state index contributed by atoms with van der Waals surface area (Å²) in [6.45, 7) is 24.1. The Labute approximate surface area is 496 Å². The quantitative estimate of drug-likeness (QED) is 0.0309. The molecule has 6 aromatic rings. The Balaban J connectivity index is 0.000000267. The number of amides is 1. The van der Waals surface area contributed by atoms with Crippen molar-refractivity contribution in [2.24, 2.45) is 16.2 Å². The lowest BCUT2D eigenvalue weighted by Crippen LogP contribution is -2.48. The SMILES string of the molecule is CN(C)C(=O)c1c(Cl)ccc(Nc2c(NC(C)(C)C(C)(C)C)c(=O)c2=O)c1O.CN(C)S(=O)(=O)c1c(Cl)ccc(Nc2c(NCC(C)(C)C)c(=O)c2=O)c1O.C[C@H](Nc1c(Nc2ccc(Cl)c(S(=O)(=O)N(C)C)c2O)c(=O)c1=O)C(C)(C)C. The minimum atomic E-state index is -4.03. The monoisotopic (exact) mass is 1250 g/mol. The molecule has 454 valence electrons. The largest absolute Gasteiger partial charge is 0.505 e. The third-order valence-corrected chi connectivity index (χ3v) is 18.6. The van der Waals surface area contributed by atoms with Crippen LogP contribution in [0.15, 0.2) is 75.0 Å². The molecule has 28 heteroatoms. The van der Waals surface area contributed by atoms with Crippen LogP contribution in [-0.2, 0) is 20.0 Å². The van der Waals surface area contributed by atoms with Gasteiger partial charge in [0.2, 0.25) is 20.0 Å². The zero-order valence-electron chi connectivity index (χ0n) is 49.4. The zero-order valence-corrected chi connectivity index (χ0v) is 53.3. The van der Waals surface area contributed by atoms with E-state index in [2.05, 4.69) is 31.9 Å². The first kappa shape index (κ1) is 68.8. The highest BCUT2D eigenvalue weighted by Crippen LogP contribution is 2.43. The predicted molar refractivity (Wildman–Crippen MR) is 331 cm³/mol. The molecule has 83 heavy (non-hydrogen) atoms. The summed E-state index contributed by atoms with van der Waals surface area (Å²) in [4.78, 5) is 84.6. The number of rotatable bonds is 17. The van der Waals surface area contributed by atoms with Crippen LogP contribution in [0.4, 0.5) is 51.2 Å². The van der Waals surface area contributed by atoms with E-state index in [0.717, 1.165) is 8.61 Å². The lowest BCUT2D eigenvalue weighted by molar-refractivity contribution is 0.0825. The zero-order chi connectivity index (χ0) is 63.9. The standard InChI is InChI=1S/C20H26ClN3O4.C18H24ClN3O5S.C17H22ClN3O5S/c1-19(2,3)20(4,5)23-14-13(16(26)17(14)27)22-11-9-8-10(21)12(15(11)25)18(28)24(6)7;1-9(18(2,3)4)20-12-13(16(25)15(12)24)21-11-8-7-10(19)17(14(11)23)28(26,27)22(5)6;1-17(2,3)8-19-11-12(15(24)14(11)23)20-10-7-6-9(18)16(13(10)22)27(25,26)21(4)5/h8-9,22-23,25H,1-7H3;7-9,20-21,23H,1-6H3;6-7,19-20,22H,8H2,1-5H3/t;9-;/m.0./s1. The van der Waals surface area contributed by atoms with Gasteiger partial charge in [0.1, 0.15) is 49.5 Å². The number of carbonyl (C=O) groups is 1. The summed E-state index contributed by atoms with van der Waals surface area (Å²) < 4.78 is 51.5. The van der Waals surface area contributed by atoms with Gasteiger partial charge in [-0.25, -0.2) is 25.4 Å². The fourth-order valence-electron chi connectivity index (χ4n) is 6.89. The number of phenolic OH excluding ortho intramolecular Hbond substituents is 3. The molecule has 0 saturated carbocycles. The molecule has 0 unspecified atom stereocenters. The number of anilines is 9. The van der Waals surface area contributed by atoms with E-state index in [-0.39, 0.29) is 99.9 Å². The number of nitrogens with zero attached hydrogens (tertiary/aromatic N) is 3. The van der Waals surface area contributed by atoms with Crippen LogP contribution in [0.3, 0.4) is 0 Å². The molecule has 0 aliphatic carbocycles. The van der Waals surface area contributed by atoms with Crippen molar-refractivity contribution in [3.05, 3.63) is 118 Å². The van der Waals surface area contributed by atoms with Crippen LogP contribution in [0.2, 0.25) is 15.1 Å². The van der Waals surface area contributed by atoms with E-state index in [0.29, 0.717) is 6.54 Å². The molecule has 1 amide bonds. The van der Waals surface area contributed by atoms with Crippen LogP contribution in [0.5, 0.6) is 17.2 Å². The van der Waals surface area contributed by atoms with Gasteiger partial charge in [0.25, 0.3) is 38.5 Å². The maximum absolute atomic E-state index is 12.4. The van der Waals surface area contributed by atoms with Gasteiger partial charge in [-0.2, -0.15) is 0 Å². The van der Waals surface area contributed by atoms with Crippen LogP contribution >= 0.6 is 34.8 Å². The van der Waals surface area contributed by atoms with E-state index in [4.69, 9.17) is 34.8 Å². The van der Waals surface area contributed by atoms with Crippen molar-refractivity contribution in [1.82, 2.24) is 13.5 Å². The fourth-order valence-corrected chi connectivity index (χ4v) is 10.1. The smallest absolute Gasteiger partial charge is 0.258 e. The van der Waals surface area contributed by atoms with Gasteiger partial charge in [-0.15, -0.1) is 0 Å². The maximum atomic E-state index is 12.4. The molecule has 0 spiro atoms. The van der Waals surface area contributed by atoms with E-state index >= 15 is 0 Å². The van der Waals surface area contributed by atoms with Crippen molar-refractivity contribution in [2.45, 2.75) is 104 Å². The summed E-state index contributed by atoms with van der Waals surface area (Å²) in [5, 5.41) is 48.3. The number of hydrogen-bond donors (Lipinski definition) is 9. The van der Waals surface area contributed by atoms with Gasteiger partial charge in [0.05, 0.1) is 32.1 Å². The number of benzene rings is 3. The molecule has 0 saturated heterocycles. The minimum absolute atomic E-state index is 0.0323. The summed E-state index contributed by atoms with van der Waals surface area (Å²) in [7, 11) is 0.219. The topological polar surface area (TPSA) is 330 Å². The number of halogens is 3. The second-order valence-electron chi connectivity index (χ2n) is 23.9. The Morgan fingerprint density at radius 2 is 0.855 bits per heavy atom. The normalized spacial score (nSPS) is 12.8. The van der Waals surface area contributed by atoms with Gasteiger partial charge in [0, 0.05) is 60.4 Å². The molecule has 0 bridgehead atoms. The Morgan fingerprint density at radius 1 is 0.518 bits per heavy atom. The first-order valence-corrected chi connectivity index (χ1v) is 29.4. The molecule has 0 aliphatic heterocycles. The molecule has 23 nitrogen and oxygen atoms in total. The first-order valence-electron chi connectivity index (χ1n) is 25.4. The summed E-state index contributed by atoms with van der Waals surface area (Å²) >= 11 is 18.0. The number of sulfonamides is 2. The maximum Gasteiger partial charge on any atom is 0.258 e. The third kappa shape index (κ3) is 14.6. The van der Waals surface area contributed by atoms with Crippen molar-refractivity contribution in [3.8, 4) is 17.2 Å². The van der Waals surface area contributed by atoms with Crippen LogP contribution in [0.25, 0.3) is 0 Å². The molecule has 0 heterocycles. The van der Waals surface area contributed by atoms with E-state index < -0.39 is 85.4 Å². The number of carbonyl (C=O) groups excluding carboxylic acids is 1. The molecule has 0 aliphatic rings. The van der Waals surface area contributed by atoms with Crippen molar-refractivity contribution >= 4 is 112 Å². The highest BCUT2D eigenvalue weighted by atomic mass is 35.5. The Bertz CT molecular complexity index is 3930. The highest BCUT2D eigenvalue weighted by Gasteiger charge is 2.37. The summed E-state index contributed by atoms with van der Waals surface area (Å²) in [5.74, 6) is -2.14. The molecule has 9 N–H and O–H groups in total. The first-order chi connectivity index (χ1) is 37.6. The molecule has 6 rings (SSSR count). The third-order valence-electron chi connectivity index (χ3n) is 13.7. The van der Waals surface area contributed by atoms with Crippen molar-refractivity contribution in [1.29, 1.82) is 0 Å². The molecule has 0 radical (unpaired) electrons. The van der Waals surface area contributed by atoms with E-state index in [1.54, 1.807) is 0 Å². The number of hydrogen-bond acceptors (Lipinski definition) is 20. The van der Waals surface area contributed by atoms with Gasteiger partial charge in [0.15, 0.2) is 17.2 Å². The number of phenols is 3. The van der Waals surface area contributed by atoms with Crippen molar-refractivity contribution in [2.75, 3.05) is 80.7 Å². The molecule has 1 atom stereocenters. The lowest BCUT2D eigenvalue weighted by Gasteiger charge is -2.41. The van der Waals surface area contributed by atoms with Crippen LogP contribution < -0.4 is 64.5 Å². The number of aromatic hydroxyl groups is 3. The second kappa shape index (κ2) is 24.8. The van der Waals surface area contributed by atoms with E-state index in [1.165, 1.54) is 83.6 Å². The fraction of sp³-hybridized carbons (Fsp3) is 0.436. The van der Waals surface area contributed by atoms with Gasteiger partial charge in [-0.3, -0.25) is 33.6 Å². The van der Waals surface area contributed by atoms with Crippen molar-refractivity contribution < 1.29 is 36.9 Å². The average molecular weight is 1250 g/mol.